The summed E-state index contributed by atoms with van der Waals surface area (Å²) in [6.45, 7) is 8.32. The standard InChI is InChI=1S/C22H32N4O3S/c1-14(2)10-17(19-13-30-21(23)25-19)24-20(27)18(11-15(3)4)26-22(28)29-12-16-8-6-5-7-9-16/h5-9,13-15,17-18H,10-12H2,1-4H3,(H2,23,25)(H,24,27)(H,26,28)/t17-,18+/m1/s1. The van der Waals surface area contributed by atoms with Crippen molar-refractivity contribution in [3.8, 4) is 0 Å². The zero-order valence-electron chi connectivity index (χ0n) is 18.1. The Morgan fingerprint density at radius 2 is 1.73 bits per heavy atom. The van der Waals surface area contributed by atoms with Crippen molar-refractivity contribution in [1.82, 2.24) is 15.6 Å². The van der Waals surface area contributed by atoms with Crippen molar-refractivity contribution in [2.45, 2.75) is 59.2 Å². The normalized spacial score (nSPS) is 13.1. The number of hydrogen-bond donors (Lipinski definition) is 3. The topological polar surface area (TPSA) is 106 Å². The molecule has 8 heteroatoms. The summed E-state index contributed by atoms with van der Waals surface area (Å²) < 4.78 is 5.29. The SMILES string of the molecule is CC(C)C[C@H](NC(=O)OCc1ccccc1)C(=O)N[C@H](CC(C)C)c1csc(N)n1. The minimum atomic E-state index is -0.695. The molecule has 0 bridgehead atoms. The summed E-state index contributed by atoms with van der Waals surface area (Å²) in [6.07, 6.45) is 0.611. The fourth-order valence-electron chi connectivity index (χ4n) is 3.07. The summed E-state index contributed by atoms with van der Waals surface area (Å²) in [5, 5.41) is 8.09. The first-order valence-electron chi connectivity index (χ1n) is 10.2. The van der Waals surface area contributed by atoms with Crippen molar-refractivity contribution >= 4 is 28.5 Å². The molecule has 0 fully saturated rings. The van der Waals surface area contributed by atoms with E-state index in [2.05, 4.69) is 29.5 Å². The number of nitrogens with zero attached hydrogens (tertiary/aromatic N) is 1. The molecular weight excluding hydrogens is 400 g/mol. The minimum absolute atomic E-state index is 0.150. The van der Waals surface area contributed by atoms with Crippen molar-refractivity contribution in [3.63, 3.8) is 0 Å². The Morgan fingerprint density at radius 1 is 1.07 bits per heavy atom. The van der Waals surface area contributed by atoms with Gasteiger partial charge in [-0.15, -0.1) is 11.3 Å². The van der Waals surface area contributed by atoms with Gasteiger partial charge < -0.3 is 21.1 Å². The molecule has 0 unspecified atom stereocenters. The van der Waals surface area contributed by atoms with Gasteiger partial charge in [-0.2, -0.15) is 0 Å². The number of hydrogen-bond acceptors (Lipinski definition) is 6. The molecule has 0 radical (unpaired) electrons. The van der Waals surface area contributed by atoms with E-state index in [9.17, 15) is 9.59 Å². The Hall–Kier alpha value is -2.61. The van der Waals surface area contributed by atoms with E-state index in [1.54, 1.807) is 0 Å². The number of thiazole rings is 1. The summed E-state index contributed by atoms with van der Waals surface area (Å²) in [5.41, 5.74) is 7.40. The number of amides is 2. The molecule has 0 spiro atoms. The average Bonchev–Trinajstić information content (AvgIpc) is 3.12. The Labute approximate surface area is 182 Å². The monoisotopic (exact) mass is 432 g/mol. The highest BCUT2D eigenvalue weighted by molar-refractivity contribution is 7.13. The molecule has 2 rings (SSSR count). The minimum Gasteiger partial charge on any atom is -0.445 e. The lowest BCUT2D eigenvalue weighted by atomic mass is 9.99. The summed E-state index contributed by atoms with van der Waals surface area (Å²) in [7, 11) is 0. The number of aromatic nitrogens is 1. The molecule has 2 aromatic rings. The number of anilines is 1. The van der Waals surface area contributed by atoms with Crippen molar-refractivity contribution in [3.05, 3.63) is 47.0 Å². The number of nitrogen functional groups attached to an aromatic ring is 1. The molecule has 4 N–H and O–H groups in total. The van der Waals surface area contributed by atoms with E-state index in [-0.39, 0.29) is 24.5 Å². The third-order valence-electron chi connectivity index (χ3n) is 4.45. The lowest BCUT2D eigenvalue weighted by Crippen LogP contribution is -2.48. The molecule has 0 saturated heterocycles. The van der Waals surface area contributed by atoms with Gasteiger partial charge >= 0.3 is 6.09 Å². The van der Waals surface area contributed by atoms with Gasteiger partial charge in [-0.25, -0.2) is 9.78 Å². The van der Waals surface area contributed by atoms with Gasteiger partial charge in [-0.1, -0.05) is 58.0 Å². The van der Waals surface area contributed by atoms with Crippen LogP contribution in [0.25, 0.3) is 0 Å². The predicted molar refractivity (Wildman–Crippen MR) is 120 cm³/mol. The van der Waals surface area contributed by atoms with Crippen LogP contribution >= 0.6 is 11.3 Å². The van der Waals surface area contributed by atoms with Crippen LogP contribution in [0.5, 0.6) is 0 Å². The van der Waals surface area contributed by atoms with Crippen LogP contribution in [0, 0.1) is 11.8 Å². The third kappa shape index (κ3) is 8.02. The Morgan fingerprint density at radius 3 is 2.30 bits per heavy atom. The van der Waals surface area contributed by atoms with Gasteiger partial charge in [0.15, 0.2) is 5.13 Å². The molecule has 0 saturated carbocycles. The van der Waals surface area contributed by atoms with Crippen LogP contribution in [0.4, 0.5) is 9.93 Å². The third-order valence-corrected chi connectivity index (χ3v) is 5.14. The largest absolute Gasteiger partial charge is 0.445 e. The fourth-order valence-corrected chi connectivity index (χ4v) is 3.68. The molecule has 30 heavy (non-hydrogen) atoms. The van der Waals surface area contributed by atoms with Gasteiger partial charge in [0, 0.05) is 5.38 Å². The van der Waals surface area contributed by atoms with Crippen LogP contribution in [-0.4, -0.2) is 23.0 Å². The first-order chi connectivity index (χ1) is 14.2. The van der Waals surface area contributed by atoms with E-state index in [1.807, 2.05) is 49.6 Å². The molecule has 0 aliphatic heterocycles. The molecule has 7 nitrogen and oxygen atoms in total. The van der Waals surface area contributed by atoms with Gasteiger partial charge in [-0.3, -0.25) is 4.79 Å². The van der Waals surface area contributed by atoms with Crippen LogP contribution in [0.2, 0.25) is 0 Å². The summed E-state index contributed by atoms with van der Waals surface area (Å²) in [4.78, 5) is 29.7. The van der Waals surface area contributed by atoms with E-state index in [4.69, 9.17) is 10.5 Å². The first-order valence-corrected chi connectivity index (χ1v) is 11.1. The number of alkyl carbamates (subject to hydrolysis) is 1. The smallest absolute Gasteiger partial charge is 0.408 e. The van der Waals surface area contributed by atoms with Crippen LogP contribution in [0.15, 0.2) is 35.7 Å². The highest BCUT2D eigenvalue weighted by Gasteiger charge is 2.26. The first kappa shape index (κ1) is 23.7. The quantitative estimate of drug-likeness (QED) is 0.520. The number of carbonyl (C=O) groups is 2. The molecule has 1 aromatic carbocycles. The van der Waals surface area contributed by atoms with Crippen LogP contribution in [0.1, 0.15) is 57.8 Å². The predicted octanol–water partition coefficient (Wildman–Crippen LogP) is 4.27. The lowest BCUT2D eigenvalue weighted by molar-refractivity contribution is -0.124. The second kappa shape index (κ2) is 11.5. The maximum absolute atomic E-state index is 13.0. The zero-order chi connectivity index (χ0) is 22.1. The van der Waals surface area contributed by atoms with Crippen molar-refractivity contribution in [1.29, 1.82) is 0 Å². The van der Waals surface area contributed by atoms with Gasteiger partial charge in [0.2, 0.25) is 5.91 Å². The highest BCUT2D eigenvalue weighted by atomic mass is 32.1. The van der Waals surface area contributed by atoms with Gasteiger partial charge in [0.05, 0.1) is 11.7 Å². The number of ether oxygens (including phenoxy) is 1. The van der Waals surface area contributed by atoms with Crippen molar-refractivity contribution < 1.29 is 14.3 Å². The highest BCUT2D eigenvalue weighted by Crippen LogP contribution is 2.24. The number of benzene rings is 1. The van der Waals surface area contributed by atoms with Crippen molar-refractivity contribution in [2.75, 3.05) is 5.73 Å². The average molecular weight is 433 g/mol. The van der Waals surface area contributed by atoms with Crippen LogP contribution in [-0.2, 0) is 16.1 Å². The molecule has 164 valence electrons. The maximum Gasteiger partial charge on any atom is 0.408 e. The van der Waals surface area contributed by atoms with Crippen LogP contribution < -0.4 is 16.4 Å². The summed E-state index contributed by atoms with van der Waals surface area (Å²) >= 11 is 1.35. The number of nitrogens with two attached hydrogens (primary N) is 1. The second-order valence-corrected chi connectivity index (χ2v) is 9.08. The lowest BCUT2D eigenvalue weighted by Gasteiger charge is -2.24. The molecule has 0 aliphatic rings. The Bertz CT molecular complexity index is 808. The number of rotatable bonds is 10. The second-order valence-electron chi connectivity index (χ2n) is 8.19. The number of carbonyl (C=O) groups excluding carboxylic acids is 2. The Balaban J connectivity index is 2.02. The molecule has 2 amide bonds. The van der Waals surface area contributed by atoms with E-state index in [1.165, 1.54) is 11.3 Å². The maximum atomic E-state index is 13.0. The van der Waals surface area contributed by atoms with E-state index < -0.39 is 12.1 Å². The fraction of sp³-hybridized carbons (Fsp3) is 0.500. The van der Waals surface area contributed by atoms with Crippen LogP contribution in [0.3, 0.4) is 0 Å². The molecular formula is C22H32N4O3S. The Kier molecular flexibility index (Phi) is 9.11. The molecule has 0 aliphatic carbocycles. The zero-order valence-corrected chi connectivity index (χ0v) is 18.9. The van der Waals surface area contributed by atoms with E-state index >= 15 is 0 Å². The summed E-state index contributed by atoms with van der Waals surface area (Å²) in [6, 6.07) is 8.46. The van der Waals surface area contributed by atoms with Gasteiger partial charge in [0.25, 0.3) is 0 Å². The summed E-state index contributed by atoms with van der Waals surface area (Å²) in [5.74, 6) is 0.316. The van der Waals surface area contributed by atoms with E-state index in [0.717, 1.165) is 17.7 Å². The van der Waals surface area contributed by atoms with Gasteiger partial charge in [-0.05, 0) is 30.2 Å². The van der Waals surface area contributed by atoms with Crippen molar-refractivity contribution in [2.24, 2.45) is 11.8 Å². The van der Waals surface area contributed by atoms with Gasteiger partial charge in [0.1, 0.15) is 12.6 Å². The van der Waals surface area contributed by atoms with E-state index in [0.29, 0.717) is 17.5 Å². The molecule has 1 heterocycles. The molecule has 2 atom stereocenters. The number of nitrogens with one attached hydrogen (secondary N) is 2. The molecule has 1 aromatic heterocycles.